The van der Waals surface area contributed by atoms with E-state index in [1.54, 1.807) is 0 Å². The number of rotatable bonds is 3. The van der Waals surface area contributed by atoms with Crippen molar-refractivity contribution in [3.05, 3.63) is 35.5 Å². The molecule has 0 bridgehead atoms. The normalized spacial score (nSPS) is 15.0. The molecule has 18 heavy (non-hydrogen) atoms. The predicted octanol–water partition coefficient (Wildman–Crippen LogP) is 2.92. The molecular formula is C14H15ClN2O. The Hall–Kier alpha value is -1.48. The average molecular weight is 263 g/mol. The zero-order valence-electron chi connectivity index (χ0n) is 10.3. The minimum absolute atomic E-state index is 0.148. The van der Waals surface area contributed by atoms with Gasteiger partial charge in [-0.25, -0.2) is 0 Å². The molecule has 0 aliphatic heterocycles. The maximum Gasteiger partial charge on any atom is 0.242 e. The molecule has 1 saturated carbocycles. The van der Waals surface area contributed by atoms with Gasteiger partial charge in [0.25, 0.3) is 0 Å². The van der Waals surface area contributed by atoms with Gasteiger partial charge in [-0.3, -0.25) is 4.79 Å². The lowest BCUT2D eigenvalue weighted by Gasteiger charge is -2.17. The fraction of sp³-hybridized carbons (Fsp3) is 0.357. The summed E-state index contributed by atoms with van der Waals surface area (Å²) < 4.78 is 1.93. The fourth-order valence-corrected chi connectivity index (χ4v) is 2.56. The first kappa shape index (κ1) is 11.6. The Morgan fingerprint density at radius 2 is 2.22 bits per heavy atom. The molecule has 3 rings (SSSR count). The number of fused-ring (bicyclic) bond motifs is 1. The summed E-state index contributed by atoms with van der Waals surface area (Å²) in [4.78, 5) is 14.0. The van der Waals surface area contributed by atoms with Crippen molar-refractivity contribution in [3.63, 3.8) is 0 Å². The molecule has 94 valence electrons. The third kappa shape index (κ3) is 1.99. The van der Waals surface area contributed by atoms with Crippen LogP contribution in [0.25, 0.3) is 10.9 Å². The number of halogens is 1. The van der Waals surface area contributed by atoms with E-state index >= 15 is 0 Å². The third-order valence-electron chi connectivity index (χ3n) is 3.53. The number of benzene rings is 1. The standard InChI is InChI=1S/C14H15ClN2O/c1-16(11-5-6-11)13(18)9-17-8-7-10-3-2-4-12(15)14(10)17/h2-4,7-8,11H,5-6,9H2,1H3. The first-order valence-corrected chi connectivity index (χ1v) is 6.53. The van der Waals surface area contributed by atoms with E-state index < -0.39 is 0 Å². The Labute approximate surface area is 111 Å². The lowest BCUT2D eigenvalue weighted by molar-refractivity contribution is -0.130. The van der Waals surface area contributed by atoms with Crippen molar-refractivity contribution in [1.82, 2.24) is 9.47 Å². The number of hydrogen-bond acceptors (Lipinski definition) is 1. The number of carbonyl (C=O) groups excluding carboxylic acids is 1. The van der Waals surface area contributed by atoms with Crippen LogP contribution < -0.4 is 0 Å². The van der Waals surface area contributed by atoms with Crippen molar-refractivity contribution in [2.24, 2.45) is 0 Å². The summed E-state index contributed by atoms with van der Waals surface area (Å²) in [5.41, 5.74) is 0.941. The van der Waals surface area contributed by atoms with Crippen LogP contribution in [-0.2, 0) is 11.3 Å². The van der Waals surface area contributed by atoms with Crippen LogP contribution in [0.2, 0.25) is 5.02 Å². The molecule has 1 amide bonds. The monoisotopic (exact) mass is 262 g/mol. The zero-order chi connectivity index (χ0) is 12.7. The summed E-state index contributed by atoms with van der Waals surface area (Å²) >= 11 is 6.20. The van der Waals surface area contributed by atoms with Crippen LogP contribution in [0.4, 0.5) is 0 Å². The minimum atomic E-state index is 0.148. The third-order valence-corrected chi connectivity index (χ3v) is 3.84. The van der Waals surface area contributed by atoms with E-state index in [1.807, 2.05) is 47.0 Å². The number of aromatic nitrogens is 1. The van der Waals surface area contributed by atoms with E-state index in [9.17, 15) is 4.79 Å². The highest BCUT2D eigenvalue weighted by Gasteiger charge is 2.29. The van der Waals surface area contributed by atoms with Crippen LogP contribution in [0.1, 0.15) is 12.8 Å². The second-order valence-electron chi connectivity index (χ2n) is 4.86. The van der Waals surface area contributed by atoms with Gasteiger partial charge in [-0.05, 0) is 25.0 Å². The Kier molecular flexibility index (Phi) is 2.78. The summed E-state index contributed by atoms with van der Waals surface area (Å²) in [6.07, 6.45) is 4.19. The van der Waals surface area contributed by atoms with Crippen molar-refractivity contribution in [2.75, 3.05) is 7.05 Å². The summed E-state index contributed by atoms with van der Waals surface area (Å²) in [7, 11) is 1.88. The summed E-state index contributed by atoms with van der Waals surface area (Å²) in [6.45, 7) is 0.361. The number of amides is 1. The van der Waals surface area contributed by atoms with Crippen LogP contribution in [0, 0.1) is 0 Å². The molecule has 4 heteroatoms. The van der Waals surface area contributed by atoms with Crippen LogP contribution in [-0.4, -0.2) is 28.5 Å². The van der Waals surface area contributed by atoms with E-state index in [-0.39, 0.29) is 5.91 Å². The van der Waals surface area contributed by atoms with Crippen LogP contribution in [0.3, 0.4) is 0 Å². The molecule has 0 radical (unpaired) electrons. The molecule has 0 atom stereocenters. The SMILES string of the molecule is CN(C(=O)Cn1ccc2cccc(Cl)c21)C1CC1. The molecule has 3 nitrogen and oxygen atoms in total. The lowest BCUT2D eigenvalue weighted by Crippen LogP contribution is -2.31. The molecule has 1 heterocycles. The van der Waals surface area contributed by atoms with E-state index in [4.69, 9.17) is 11.6 Å². The highest BCUT2D eigenvalue weighted by Crippen LogP contribution is 2.27. The van der Waals surface area contributed by atoms with Gasteiger partial charge in [-0.15, -0.1) is 0 Å². The molecule has 2 aromatic rings. The van der Waals surface area contributed by atoms with E-state index in [0.717, 1.165) is 23.7 Å². The van der Waals surface area contributed by atoms with Gasteiger partial charge in [0.15, 0.2) is 0 Å². The molecular weight excluding hydrogens is 248 g/mol. The van der Waals surface area contributed by atoms with Crippen molar-refractivity contribution >= 4 is 28.4 Å². The first-order valence-electron chi connectivity index (χ1n) is 6.16. The van der Waals surface area contributed by atoms with Gasteiger partial charge in [0.1, 0.15) is 6.54 Å². The largest absolute Gasteiger partial charge is 0.341 e. The summed E-state index contributed by atoms with van der Waals surface area (Å²) in [5.74, 6) is 0.148. The molecule has 0 N–H and O–H groups in total. The minimum Gasteiger partial charge on any atom is -0.341 e. The number of nitrogens with zero attached hydrogens (tertiary/aromatic N) is 2. The molecule has 1 aromatic heterocycles. The van der Waals surface area contributed by atoms with E-state index in [2.05, 4.69) is 0 Å². The lowest BCUT2D eigenvalue weighted by atomic mass is 10.2. The van der Waals surface area contributed by atoms with Gasteiger partial charge in [0.2, 0.25) is 5.91 Å². The van der Waals surface area contributed by atoms with Gasteiger partial charge in [-0.1, -0.05) is 23.7 Å². The Bertz CT molecular complexity index is 601. The molecule has 1 aromatic carbocycles. The summed E-state index contributed by atoms with van der Waals surface area (Å²) in [5, 5.41) is 1.77. The predicted molar refractivity (Wildman–Crippen MR) is 72.7 cm³/mol. The maximum absolute atomic E-state index is 12.1. The van der Waals surface area contributed by atoms with E-state index in [0.29, 0.717) is 17.6 Å². The number of hydrogen-bond donors (Lipinski definition) is 0. The highest BCUT2D eigenvalue weighted by molar-refractivity contribution is 6.35. The molecule has 1 aliphatic rings. The fourth-order valence-electron chi connectivity index (χ4n) is 2.27. The van der Waals surface area contributed by atoms with Crippen LogP contribution in [0.15, 0.2) is 30.5 Å². The molecule has 1 aliphatic carbocycles. The van der Waals surface area contributed by atoms with Crippen LogP contribution in [0.5, 0.6) is 0 Å². The second kappa shape index (κ2) is 4.32. The molecule has 1 fully saturated rings. The quantitative estimate of drug-likeness (QED) is 0.835. The highest BCUT2D eigenvalue weighted by atomic mass is 35.5. The van der Waals surface area contributed by atoms with E-state index in [1.165, 1.54) is 0 Å². The van der Waals surface area contributed by atoms with Crippen molar-refractivity contribution in [2.45, 2.75) is 25.4 Å². The molecule has 0 spiro atoms. The Morgan fingerprint density at radius 3 is 2.94 bits per heavy atom. The average Bonchev–Trinajstić information content (AvgIpc) is 3.12. The first-order chi connectivity index (χ1) is 8.66. The Morgan fingerprint density at radius 1 is 1.44 bits per heavy atom. The Balaban J connectivity index is 1.88. The number of likely N-dealkylation sites (N-methyl/N-ethyl adjacent to an activating group) is 1. The van der Waals surface area contributed by atoms with Crippen molar-refractivity contribution in [3.8, 4) is 0 Å². The molecule has 0 saturated heterocycles. The van der Waals surface area contributed by atoms with Crippen LogP contribution >= 0.6 is 11.6 Å². The van der Waals surface area contributed by atoms with Crippen molar-refractivity contribution in [1.29, 1.82) is 0 Å². The van der Waals surface area contributed by atoms with Gasteiger partial charge in [0.05, 0.1) is 10.5 Å². The van der Waals surface area contributed by atoms with Gasteiger partial charge in [-0.2, -0.15) is 0 Å². The van der Waals surface area contributed by atoms with Gasteiger partial charge >= 0.3 is 0 Å². The number of carbonyl (C=O) groups is 1. The summed E-state index contributed by atoms with van der Waals surface area (Å²) in [6, 6.07) is 8.23. The smallest absolute Gasteiger partial charge is 0.242 e. The maximum atomic E-state index is 12.1. The zero-order valence-corrected chi connectivity index (χ0v) is 11.0. The molecule has 0 unspecified atom stereocenters. The number of para-hydroxylation sites is 1. The van der Waals surface area contributed by atoms with Crippen molar-refractivity contribution < 1.29 is 4.79 Å². The second-order valence-corrected chi connectivity index (χ2v) is 5.26. The van der Waals surface area contributed by atoms with Gasteiger partial charge in [0, 0.05) is 24.7 Å². The van der Waals surface area contributed by atoms with Gasteiger partial charge < -0.3 is 9.47 Å². The topological polar surface area (TPSA) is 25.2 Å².